The summed E-state index contributed by atoms with van der Waals surface area (Å²) in [6.07, 6.45) is 3.35. The van der Waals surface area contributed by atoms with Crippen molar-refractivity contribution in [1.29, 1.82) is 0 Å². The Bertz CT molecular complexity index is 270. The van der Waals surface area contributed by atoms with E-state index in [1.807, 2.05) is 6.92 Å². The third kappa shape index (κ3) is 4.58. The van der Waals surface area contributed by atoms with Crippen molar-refractivity contribution in [2.45, 2.75) is 52.5 Å². The number of aliphatic hydroxyl groups excluding tert-OH is 1. The molecule has 0 bridgehead atoms. The van der Waals surface area contributed by atoms with Gasteiger partial charge >= 0.3 is 5.97 Å². The number of carboxylic acids is 1. The van der Waals surface area contributed by atoms with E-state index < -0.39 is 5.97 Å². The number of aliphatic hydroxyl groups is 1. The Balaban J connectivity index is 2.71. The lowest BCUT2D eigenvalue weighted by atomic mass is 9.64. The average molecular weight is 257 g/mol. The normalized spacial score (nSPS) is 34.2. The molecule has 1 rings (SSSR count). The third-order valence-corrected chi connectivity index (χ3v) is 3.99. The Morgan fingerprint density at radius 1 is 1.39 bits per heavy atom. The summed E-state index contributed by atoms with van der Waals surface area (Å²) in [6.45, 7) is 7.12. The van der Waals surface area contributed by atoms with Crippen LogP contribution in [0.4, 0.5) is 0 Å². The molecule has 4 heteroatoms. The van der Waals surface area contributed by atoms with Crippen molar-refractivity contribution in [2.75, 3.05) is 13.2 Å². The highest BCUT2D eigenvalue weighted by atomic mass is 16.4. The number of carbonyl (C=O) groups is 1. The van der Waals surface area contributed by atoms with Crippen molar-refractivity contribution in [3.63, 3.8) is 0 Å². The molecular formula is C14H27NO3. The molecule has 0 heterocycles. The van der Waals surface area contributed by atoms with E-state index in [0.717, 1.165) is 12.8 Å². The first kappa shape index (κ1) is 15.4. The van der Waals surface area contributed by atoms with Crippen molar-refractivity contribution in [3.05, 3.63) is 0 Å². The zero-order valence-corrected chi connectivity index (χ0v) is 11.8. The molecule has 0 amide bonds. The lowest BCUT2D eigenvalue weighted by Crippen LogP contribution is -2.45. The molecule has 0 radical (unpaired) electrons. The molecule has 106 valence electrons. The predicted molar refractivity (Wildman–Crippen MR) is 71.4 cm³/mol. The van der Waals surface area contributed by atoms with Crippen LogP contribution >= 0.6 is 0 Å². The number of hydrogen-bond donors (Lipinski definition) is 3. The van der Waals surface area contributed by atoms with Crippen LogP contribution in [0.15, 0.2) is 0 Å². The smallest absolute Gasteiger partial charge is 0.303 e. The van der Waals surface area contributed by atoms with Gasteiger partial charge in [0, 0.05) is 12.6 Å². The first-order valence-electron chi connectivity index (χ1n) is 6.93. The highest BCUT2D eigenvalue weighted by Gasteiger charge is 2.39. The maximum Gasteiger partial charge on any atom is 0.303 e. The fourth-order valence-electron chi connectivity index (χ4n) is 3.54. The monoisotopic (exact) mass is 257 g/mol. The minimum Gasteiger partial charge on any atom is -0.481 e. The fourth-order valence-corrected chi connectivity index (χ4v) is 3.54. The van der Waals surface area contributed by atoms with Gasteiger partial charge in [-0.1, -0.05) is 13.8 Å². The van der Waals surface area contributed by atoms with Gasteiger partial charge in [0.05, 0.1) is 13.0 Å². The number of hydrogen-bond acceptors (Lipinski definition) is 3. The van der Waals surface area contributed by atoms with E-state index in [-0.39, 0.29) is 24.5 Å². The predicted octanol–water partition coefficient (Wildman–Crippen LogP) is 1.87. The minimum absolute atomic E-state index is 0.0307. The summed E-state index contributed by atoms with van der Waals surface area (Å²) >= 11 is 0. The van der Waals surface area contributed by atoms with Gasteiger partial charge in [0.15, 0.2) is 0 Å². The lowest BCUT2D eigenvalue weighted by Gasteiger charge is -2.43. The second kappa shape index (κ2) is 6.53. The minimum atomic E-state index is -0.713. The number of rotatable bonds is 6. The van der Waals surface area contributed by atoms with Crippen molar-refractivity contribution in [3.8, 4) is 0 Å². The van der Waals surface area contributed by atoms with E-state index >= 15 is 0 Å². The van der Waals surface area contributed by atoms with Crippen molar-refractivity contribution in [1.82, 2.24) is 5.32 Å². The van der Waals surface area contributed by atoms with Gasteiger partial charge in [-0.25, -0.2) is 0 Å². The Morgan fingerprint density at radius 2 is 1.94 bits per heavy atom. The van der Waals surface area contributed by atoms with Gasteiger partial charge in [0.2, 0.25) is 0 Å². The van der Waals surface area contributed by atoms with Gasteiger partial charge in [0.1, 0.15) is 0 Å². The Labute approximate surface area is 110 Å². The van der Waals surface area contributed by atoms with Gasteiger partial charge in [0.25, 0.3) is 0 Å². The zero-order valence-electron chi connectivity index (χ0n) is 11.8. The van der Waals surface area contributed by atoms with Crippen LogP contribution in [0.25, 0.3) is 0 Å². The van der Waals surface area contributed by atoms with Crippen LogP contribution in [0, 0.1) is 17.3 Å². The first-order chi connectivity index (χ1) is 8.37. The van der Waals surface area contributed by atoms with E-state index in [9.17, 15) is 4.79 Å². The zero-order chi connectivity index (χ0) is 13.8. The molecule has 2 unspecified atom stereocenters. The molecule has 18 heavy (non-hydrogen) atoms. The second-order valence-electron chi connectivity index (χ2n) is 6.39. The molecule has 3 N–H and O–H groups in total. The molecule has 4 atom stereocenters. The Kier molecular flexibility index (Phi) is 5.60. The van der Waals surface area contributed by atoms with Crippen LogP contribution in [0.2, 0.25) is 0 Å². The van der Waals surface area contributed by atoms with Crippen molar-refractivity contribution >= 4 is 5.97 Å². The van der Waals surface area contributed by atoms with E-state index in [2.05, 4.69) is 19.2 Å². The summed E-state index contributed by atoms with van der Waals surface area (Å²) in [5, 5.41) is 21.5. The summed E-state index contributed by atoms with van der Waals surface area (Å²) in [4.78, 5) is 11.1. The molecule has 0 spiro atoms. The molecule has 1 fully saturated rings. The SMILES string of the molecule is CC(CO)NCC1(CC(=O)O)C[C@H](C)C[C@H](C)C1. The Hall–Kier alpha value is -0.610. The molecule has 1 aliphatic rings. The topological polar surface area (TPSA) is 69.6 Å². The average Bonchev–Trinajstić information content (AvgIpc) is 2.23. The largest absolute Gasteiger partial charge is 0.481 e. The van der Waals surface area contributed by atoms with E-state index in [1.54, 1.807) is 0 Å². The molecular weight excluding hydrogens is 230 g/mol. The van der Waals surface area contributed by atoms with Crippen LogP contribution in [0.5, 0.6) is 0 Å². The second-order valence-corrected chi connectivity index (χ2v) is 6.39. The van der Waals surface area contributed by atoms with E-state index in [0.29, 0.717) is 18.4 Å². The molecule has 0 aliphatic heterocycles. The quantitative estimate of drug-likeness (QED) is 0.679. The van der Waals surface area contributed by atoms with Crippen molar-refractivity contribution < 1.29 is 15.0 Å². The van der Waals surface area contributed by atoms with Crippen LogP contribution in [-0.4, -0.2) is 35.4 Å². The summed E-state index contributed by atoms with van der Waals surface area (Å²) in [7, 11) is 0. The summed E-state index contributed by atoms with van der Waals surface area (Å²) in [5.74, 6) is 0.452. The molecule has 1 saturated carbocycles. The maximum atomic E-state index is 11.1. The number of carboxylic acid groups (broad SMARTS) is 1. The molecule has 1 aliphatic carbocycles. The van der Waals surface area contributed by atoms with Gasteiger partial charge < -0.3 is 15.5 Å². The first-order valence-corrected chi connectivity index (χ1v) is 6.93. The number of aliphatic carboxylic acids is 1. The number of nitrogens with one attached hydrogen (secondary N) is 1. The van der Waals surface area contributed by atoms with Crippen molar-refractivity contribution in [2.24, 2.45) is 17.3 Å². The molecule has 0 aromatic carbocycles. The molecule has 0 aromatic rings. The lowest BCUT2D eigenvalue weighted by molar-refractivity contribution is -0.141. The highest BCUT2D eigenvalue weighted by molar-refractivity contribution is 5.67. The summed E-state index contributed by atoms with van der Waals surface area (Å²) in [6, 6.07) is 0.0307. The molecule has 4 nitrogen and oxygen atoms in total. The molecule has 0 aromatic heterocycles. The van der Waals surface area contributed by atoms with Crippen LogP contribution in [0.1, 0.15) is 46.5 Å². The van der Waals surface area contributed by atoms with Crippen LogP contribution in [0.3, 0.4) is 0 Å². The Morgan fingerprint density at radius 3 is 2.39 bits per heavy atom. The van der Waals surface area contributed by atoms with Gasteiger partial charge in [-0.2, -0.15) is 0 Å². The van der Waals surface area contributed by atoms with Gasteiger partial charge in [-0.3, -0.25) is 4.79 Å². The van der Waals surface area contributed by atoms with Gasteiger partial charge in [-0.05, 0) is 43.4 Å². The van der Waals surface area contributed by atoms with Crippen LogP contribution < -0.4 is 5.32 Å². The van der Waals surface area contributed by atoms with Gasteiger partial charge in [-0.15, -0.1) is 0 Å². The maximum absolute atomic E-state index is 11.1. The van der Waals surface area contributed by atoms with E-state index in [4.69, 9.17) is 10.2 Å². The summed E-state index contributed by atoms with van der Waals surface area (Å²) < 4.78 is 0. The third-order valence-electron chi connectivity index (χ3n) is 3.99. The molecule has 0 saturated heterocycles. The highest BCUT2D eigenvalue weighted by Crippen LogP contribution is 2.44. The summed E-state index contributed by atoms with van der Waals surface area (Å²) in [5.41, 5.74) is -0.146. The fraction of sp³-hybridized carbons (Fsp3) is 0.929. The van der Waals surface area contributed by atoms with E-state index in [1.165, 1.54) is 6.42 Å². The van der Waals surface area contributed by atoms with Crippen LogP contribution in [-0.2, 0) is 4.79 Å². The standard InChI is InChI=1S/C14H27NO3/c1-10-4-11(2)6-14(5-10,7-13(17)18)9-15-12(3)8-16/h10-12,15-16H,4-9H2,1-3H3,(H,17,18)/t10-,11+,12?,14?.